The first-order valence-electron chi connectivity index (χ1n) is 17.8. The third-order valence-corrected chi connectivity index (χ3v) is 10.1. The smallest absolute Gasteiger partial charge is 0.412 e. The maximum Gasteiger partial charge on any atom is 0.412 e. The molecule has 0 radical (unpaired) electrons. The van der Waals surface area contributed by atoms with Gasteiger partial charge in [0, 0.05) is 48.7 Å². The highest BCUT2D eigenvalue weighted by molar-refractivity contribution is 5.94. The van der Waals surface area contributed by atoms with E-state index in [-0.39, 0.29) is 29.9 Å². The highest BCUT2D eigenvalue weighted by Gasteiger charge is 2.30. The van der Waals surface area contributed by atoms with E-state index in [1.807, 2.05) is 65.3 Å². The Balaban J connectivity index is 1.00. The number of hydrogen-bond acceptors (Lipinski definition) is 8. The van der Waals surface area contributed by atoms with E-state index >= 15 is 0 Å². The van der Waals surface area contributed by atoms with Gasteiger partial charge in [-0.1, -0.05) is 59.8 Å². The number of phenols is 1. The second kappa shape index (κ2) is 15.4. The molecule has 1 fully saturated rings. The van der Waals surface area contributed by atoms with Crippen LogP contribution < -0.4 is 21.5 Å². The summed E-state index contributed by atoms with van der Waals surface area (Å²) in [5, 5.41) is 44.2. The molecule has 0 aliphatic heterocycles. The minimum Gasteiger partial charge on any atom is -0.506 e. The lowest BCUT2D eigenvalue weighted by atomic mass is 9.89. The molecule has 12 heteroatoms. The fourth-order valence-electron chi connectivity index (χ4n) is 7.35. The second-order valence-corrected chi connectivity index (χ2v) is 13.6. The molecule has 4 aromatic carbocycles. The fraction of sp³-hybridized carbons (Fsp3) is 0.300. The van der Waals surface area contributed by atoms with Crippen LogP contribution in [0, 0.1) is 0 Å². The van der Waals surface area contributed by atoms with Gasteiger partial charge in [-0.05, 0) is 91.1 Å². The van der Waals surface area contributed by atoms with Gasteiger partial charge in [0.25, 0.3) is 0 Å². The van der Waals surface area contributed by atoms with Crippen molar-refractivity contribution < 1.29 is 20.1 Å². The number of aliphatic hydroxyl groups is 1. The topological polar surface area (TPSA) is 183 Å². The number of hydrogen-bond donors (Lipinski definition) is 6. The summed E-state index contributed by atoms with van der Waals surface area (Å²) >= 11 is 0. The van der Waals surface area contributed by atoms with Gasteiger partial charge < -0.3 is 31.4 Å². The lowest BCUT2D eigenvalue weighted by Crippen LogP contribution is -2.44. The summed E-state index contributed by atoms with van der Waals surface area (Å²) in [6.07, 6.45) is 2.83. The number of carbonyl (C=O) groups is 1. The molecule has 7 N–H and O–H groups in total. The van der Waals surface area contributed by atoms with Crippen LogP contribution in [0.25, 0.3) is 33.1 Å². The van der Waals surface area contributed by atoms with E-state index in [0.29, 0.717) is 35.2 Å². The molecule has 2 aromatic heterocycles. The minimum atomic E-state index is -0.945. The van der Waals surface area contributed by atoms with E-state index in [4.69, 9.17) is 5.73 Å². The number of aliphatic hydroxyl groups excluding tert-OH is 1. The number of H-pyrrole nitrogens is 1. The molecule has 1 atom stereocenters. The minimum absolute atomic E-state index is 0.0483. The summed E-state index contributed by atoms with van der Waals surface area (Å²) in [6, 6.07) is 28.2. The Kier molecular flexibility index (Phi) is 10.3. The molecule has 1 unspecified atom stereocenters. The maximum atomic E-state index is 12.7. The van der Waals surface area contributed by atoms with Gasteiger partial charge in [-0.3, -0.25) is 9.69 Å². The van der Waals surface area contributed by atoms with Crippen LogP contribution in [-0.2, 0) is 19.5 Å². The van der Waals surface area contributed by atoms with Crippen molar-refractivity contribution in [1.29, 1.82) is 0 Å². The first-order valence-corrected chi connectivity index (χ1v) is 17.8. The lowest BCUT2D eigenvalue weighted by Gasteiger charge is -2.35. The number of aryl methyl sites for hydroxylation is 2. The van der Waals surface area contributed by atoms with E-state index < -0.39 is 12.2 Å². The van der Waals surface area contributed by atoms with E-state index in [2.05, 4.69) is 26.7 Å². The van der Waals surface area contributed by atoms with Gasteiger partial charge in [0.15, 0.2) is 0 Å². The zero-order valence-electron chi connectivity index (χ0n) is 28.8. The molecule has 0 spiro atoms. The molecule has 268 valence electrons. The number of pyridine rings is 1. The molecule has 1 saturated carbocycles. The number of nitrogens with zero attached hydrogens (tertiary/aromatic N) is 4. The zero-order chi connectivity index (χ0) is 36.2. The van der Waals surface area contributed by atoms with Crippen LogP contribution in [0.3, 0.4) is 0 Å². The number of aromatic nitrogens is 4. The van der Waals surface area contributed by atoms with E-state index in [0.717, 1.165) is 71.8 Å². The Bertz CT molecular complexity index is 2250. The molecule has 1 aliphatic rings. The van der Waals surface area contributed by atoms with Gasteiger partial charge >= 0.3 is 6.09 Å². The average Bonchev–Trinajstić information content (AvgIpc) is 3.55. The third kappa shape index (κ3) is 7.54. The average molecular weight is 702 g/mol. The summed E-state index contributed by atoms with van der Waals surface area (Å²) in [4.78, 5) is 28.7. The molecular weight excluding hydrogens is 658 g/mol. The summed E-state index contributed by atoms with van der Waals surface area (Å²) in [5.74, 6) is -0.0483. The number of carboxylic acid groups (broad SMARTS) is 1. The zero-order valence-corrected chi connectivity index (χ0v) is 28.8. The summed E-state index contributed by atoms with van der Waals surface area (Å²) in [7, 11) is 0. The van der Waals surface area contributed by atoms with Gasteiger partial charge in [-0.25, -0.2) is 9.48 Å². The molecule has 0 saturated heterocycles. The fourth-order valence-corrected chi connectivity index (χ4v) is 7.35. The van der Waals surface area contributed by atoms with Crippen LogP contribution >= 0.6 is 0 Å². The van der Waals surface area contributed by atoms with Gasteiger partial charge in [0.05, 0.1) is 22.8 Å². The Hall–Kier alpha value is -5.56. The summed E-state index contributed by atoms with van der Waals surface area (Å²) < 4.78 is 1.89. The Morgan fingerprint density at radius 3 is 2.56 bits per heavy atom. The van der Waals surface area contributed by atoms with Gasteiger partial charge in [0.1, 0.15) is 11.3 Å². The van der Waals surface area contributed by atoms with Crippen molar-refractivity contribution in [3.8, 4) is 16.9 Å². The number of nitrogens with one attached hydrogen (secondary N) is 2. The number of phenolic OH excluding ortho intramolecular Hbond substituents is 1. The lowest BCUT2D eigenvalue weighted by molar-refractivity contribution is 0.176. The molecule has 6 aromatic rings. The summed E-state index contributed by atoms with van der Waals surface area (Å²) in [6.45, 7) is 1.40. The molecule has 12 nitrogen and oxygen atoms in total. The van der Waals surface area contributed by atoms with Crippen molar-refractivity contribution in [2.45, 2.75) is 69.8 Å². The number of benzene rings is 4. The predicted octanol–water partition coefficient (Wildman–Crippen LogP) is 5.86. The van der Waals surface area contributed by atoms with Gasteiger partial charge in [-0.15, -0.1) is 5.10 Å². The van der Waals surface area contributed by atoms with E-state index in [1.165, 1.54) is 12.1 Å². The van der Waals surface area contributed by atoms with Crippen LogP contribution in [0.15, 0.2) is 95.8 Å². The van der Waals surface area contributed by atoms with Crippen molar-refractivity contribution in [1.82, 2.24) is 25.3 Å². The molecule has 1 aliphatic carbocycles. The standard InChI is InChI=1S/C40H43N7O5/c41-28-10-12-29(13-11-28)47(40(51)52)35-22-25(8-14-30(35)27-6-2-1-3-7-27)5-4-20-46-34-17-9-26(21-33(34)44-45-46)23-42-24-37(49)31-15-18-36(48)39-32(31)16-19-38(50)43-39/h1-3,6-9,14-19,21-22,28-29,37,42,48-49H,4-5,10-13,20,23-24,41H2,(H,43,50)(H,51,52). The number of aromatic amines is 1. The van der Waals surface area contributed by atoms with Crippen molar-refractivity contribution in [3.05, 3.63) is 118 Å². The first-order chi connectivity index (χ1) is 25.2. The Labute approximate surface area is 300 Å². The van der Waals surface area contributed by atoms with Crippen LogP contribution in [0.2, 0.25) is 0 Å². The first kappa shape index (κ1) is 34.9. The van der Waals surface area contributed by atoms with Crippen molar-refractivity contribution in [2.75, 3.05) is 11.4 Å². The monoisotopic (exact) mass is 701 g/mol. The Morgan fingerprint density at radius 1 is 0.981 bits per heavy atom. The van der Waals surface area contributed by atoms with Crippen molar-refractivity contribution >= 4 is 33.7 Å². The summed E-state index contributed by atoms with van der Waals surface area (Å²) in [5.41, 5.74) is 13.1. The Morgan fingerprint density at radius 2 is 1.77 bits per heavy atom. The predicted molar refractivity (Wildman–Crippen MR) is 201 cm³/mol. The van der Waals surface area contributed by atoms with Crippen molar-refractivity contribution in [3.63, 3.8) is 0 Å². The number of amides is 1. The number of aromatic hydroxyl groups is 1. The number of anilines is 1. The third-order valence-electron chi connectivity index (χ3n) is 10.1. The van der Waals surface area contributed by atoms with E-state index in [9.17, 15) is 24.9 Å². The maximum absolute atomic E-state index is 12.7. The van der Waals surface area contributed by atoms with Gasteiger partial charge in [-0.2, -0.15) is 0 Å². The quantitative estimate of drug-likeness (QED) is 0.0911. The van der Waals surface area contributed by atoms with E-state index in [1.54, 1.807) is 17.0 Å². The van der Waals surface area contributed by atoms with Gasteiger partial charge in [0.2, 0.25) is 5.56 Å². The molecule has 1 amide bonds. The molecule has 52 heavy (non-hydrogen) atoms. The second-order valence-electron chi connectivity index (χ2n) is 13.6. The van der Waals surface area contributed by atoms with Crippen LogP contribution in [0.1, 0.15) is 54.9 Å². The highest BCUT2D eigenvalue weighted by atomic mass is 16.4. The highest BCUT2D eigenvalue weighted by Crippen LogP contribution is 2.36. The number of fused-ring (bicyclic) bond motifs is 2. The molecular formula is C40H43N7O5. The van der Waals surface area contributed by atoms with Crippen LogP contribution in [0.5, 0.6) is 5.75 Å². The van der Waals surface area contributed by atoms with Crippen molar-refractivity contribution in [2.24, 2.45) is 5.73 Å². The number of nitrogens with two attached hydrogens (primary N) is 1. The number of rotatable bonds is 12. The molecule has 2 heterocycles. The van der Waals surface area contributed by atoms with Crippen LogP contribution in [0.4, 0.5) is 10.5 Å². The SMILES string of the molecule is NC1CCC(N(C(=O)O)c2cc(CCCn3nnc4cc(CNCC(O)c5ccc(O)c6[nH]c(=O)ccc56)ccc43)ccc2-c2ccccc2)CC1. The normalized spacial score (nSPS) is 16.7. The van der Waals surface area contributed by atoms with Crippen LogP contribution in [-0.4, -0.2) is 60.0 Å². The molecule has 7 rings (SSSR count). The molecule has 0 bridgehead atoms. The largest absolute Gasteiger partial charge is 0.506 e.